The molecule has 2 rings (SSSR count). The molecule has 1 aliphatic rings. The third-order valence-corrected chi connectivity index (χ3v) is 5.06. The Kier molecular flexibility index (Phi) is 5.77. The first kappa shape index (κ1) is 16.4. The van der Waals surface area contributed by atoms with Crippen molar-refractivity contribution in [2.24, 2.45) is 11.8 Å². The van der Waals surface area contributed by atoms with E-state index in [1.54, 1.807) is 12.1 Å². The van der Waals surface area contributed by atoms with Gasteiger partial charge in [0.25, 0.3) is 5.91 Å². The lowest BCUT2D eigenvalue weighted by Gasteiger charge is -2.27. The summed E-state index contributed by atoms with van der Waals surface area (Å²) >= 11 is 11.9. The van der Waals surface area contributed by atoms with Crippen LogP contribution in [-0.4, -0.2) is 12.5 Å². The van der Waals surface area contributed by atoms with Crippen molar-refractivity contribution in [3.05, 3.63) is 27.7 Å². The monoisotopic (exact) mass is 328 g/mol. The number of halogens is 2. The van der Waals surface area contributed by atoms with Crippen LogP contribution in [0, 0.1) is 11.8 Å². The molecule has 1 fully saturated rings. The number of nitrogen functional groups attached to an aromatic ring is 1. The second-order valence-electron chi connectivity index (χ2n) is 5.86. The van der Waals surface area contributed by atoms with Gasteiger partial charge < -0.3 is 11.1 Å². The van der Waals surface area contributed by atoms with Crippen molar-refractivity contribution in [2.75, 3.05) is 12.3 Å². The standard InChI is InChI=1S/C16H22Cl2N2O/c1-2-10-3-5-11(6-4-10)9-20-16(21)12-7-13(17)15(19)14(18)8-12/h7-8,10-11H,2-6,9,19H2,1H3,(H,20,21). The SMILES string of the molecule is CCC1CCC(CNC(=O)c2cc(Cl)c(N)c(Cl)c2)CC1. The molecule has 3 nitrogen and oxygen atoms in total. The molecule has 0 saturated heterocycles. The zero-order chi connectivity index (χ0) is 15.4. The fourth-order valence-corrected chi connectivity index (χ4v) is 3.39. The lowest BCUT2D eigenvalue weighted by molar-refractivity contribution is 0.0941. The maximum atomic E-state index is 12.2. The van der Waals surface area contributed by atoms with Crippen molar-refractivity contribution in [1.29, 1.82) is 0 Å². The lowest BCUT2D eigenvalue weighted by atomic mass is 9.81. The number of amides is 1. The number of anilines is 1. The zero-order valence-corrected chi connectivity index (χ0v) is 13.8. The molecule has 0 bridgehead atoms. The van der Waals surface area contributed by atoms with Crippen molar-refractivity contribution in [3.63, 3.8) is 0 Å². The van der Waals surface area contributed by atoms with Crippen LogP contribution < -0.4 is 11.1 Å². The molecule has 0 unspecified atom stereocenters. The van der Waals surface area contributed by atoms with Gasteiger partial charge in [-0.2, -0.15) is 0 Å². The number of benzene rings is 1. The van der Waals surface area contributed by atoms with Crippen LogP contribution in [0.4, 0.5) is 5.69 Å². The maximum Gasteiger partial charge on any atom is 0.251 e. The van der Waals surface area contributed by atoms with Crippen molar-refractivity contribution >= 4 is 34.8 Å². The van der Waals surface area contributed by atoms with Gasteiger partial charge in [-0.1, -0.05) is 49.4 Å². The first-order chi connectivity index (χ1) is 10.0. The number of hydrogen-bond donors (Lipinski definition) is 2. The molecular weight excluding hydrogens is 307 g/mol. The molecule has 3 N–H and O–H groups in total. The number of carbonyl (C=O) groups excluding carboxylic acids is 1. The summed E-state index contributed by atoms with van der Waals surface area (Å²) in [6.45, 7) is 2.97. The van der Waals surface area contributed by atoms with Crippen LogP contribution in [0.15, 0.2) is 12.1 Å². The van der Waals surface area contributed by atoms with Crippen molar-refractivity contribution in [1.82, 2.24) is 5.32 Å². The minimum Gasteiger partial charge on any atom is -0.396 e. The second kappa shape index (κ2) is 7.37. The Morgan fingerprint density at radius 2 is 1.71 bits per heavy atom. The molecule has 0 heterocycles. The Balaban J connectivity index is 1.88. The Morgan fingerprint density at radius 3 is 2.24 bits per heavy atom. The average Bonchev–Trinajstić information content (AvgIpc) is 2.50. The van der Waals surface area contributed by atoms with Gasteiger partial charge in [0.15, 0.2) is 0 Å². The van der Waals surface area contributed by atoms with E-state index in [0.29, 0.717) is 27.2 Å². The van der Waals surface area contributed by atoms with Gasteiger partial charge in [-0.3, -0.25) is 4.79 Å². The Hall–Kier alpha value is -0.930. The van der Waals surface area contributed by atoms with Crippen LogP contribution in [0.1, 0.15) is 49.4 Å². The van der Waals surface area contributed by atoms with Gasteiger partial charge in [-0.05, 0) is 36.8 Å². The van der Waals surface area contributed by atoms with E-state index in [0.717, 1.165) is 12.5 Å². The summed E-state index contributed by atoms with van der Waals surface area (Å²) < 4.78 is 0. The molecule has 1 aromatic rings. The van der Waals surface area contributed by atoms with Gasteiger partial charge in [0.1, 0.15) is 0 Å². The summed E-state index contributed by atoms with van der Waals surface area (Å²) in [5.41, 5.74) is 6.44. The summed E-state index contributed by atoms with van der Waals surface area (Å²) in [5.74, 6) is 1.31. The summed E-state index contributed by atoms with van der Waals surface area (Å²) in [7, 11) is 0. The molecule has 1 aromatic carbocycles. The third-order valence-electron chi connectivity index (χ3n) is 4.44. The number of nitrogens with two attached hydrogens (primary N) is 1. The number of rotatable bonds is 4. The average molecular weight is 329 g/mol. The van der Waals surface area contributed by atoms with Crippen LogP contribution in [0.5, 0.6) is 0 Å². The first-order valence-electron chi connectivity index (χ1n) is 7.54. The number of carbonyl (C=O) groups is 1. The molecule has 116 valence electrons. The fourth-order valence-electron chi connectivity index (χ4n) is 2.90. The van der Waals surface area contributed by atoms with E-state index in [2.05, 4.69) is 12.2 Å². The number of nitrogens with one attached hydrogen (secondary N) is 1. The normalized spacial score (nSPS) is 22.0. The fraction of sp³-hybridized carbons (Fsp3) is 0.562. The Labute approximate surface area is 136 Å². The molecular formula is C16H22Cl2N2O. The zero-order valence-electron chi connectivity index (χ0n) is 12.3. The van der Waals surface area contributed by atoms with E-state index in [1.807, 2.05) is 0 Å². The second-order valence-corrected chi connectivity index (χ2v) is 6.67. The lowest BCUT2D eigenvalue weighted by Crippen LogP contribution is -2.31. The van der Waals surface area contributed by atoms with Gasteiger partial charge >= 0.3 is 0 Å². The molecule has 0 atom stereocenters. The smallest absolute Gasteiger partial charge is 0.251 e. The molecule has 21 heavy (non-hydrogen) atoms. The molecule has 0 spiro atoms. The van der Waals surface area contributed by atoms with Crippen LogP contribution in [0.2, 0.25) is 10.0 Å². The van der Waals surface area contributed by atoms with Gasteiger partial charge in [0, 0.05) is 12.1 Å². The predicted octanol–water partition coefficient (Wildman–Crippen LogP) is 4.52. The largest absolute Gasteiger partial charge is 0.396 e. The highest BCUT2D eigenvalue weighted by Gasteiger charge is 2.20. The van der Waals surface area contributed by atoms with Crippen molar-refractivity contribution in [2.45, 2.75) is 39.0 Å². The van der Waals surface area contributed by atoms with Gasteiger partial charge in [0.05, 0.1) is 15.7 Å². The van der Waals surface area contributed by atoms with E-state index >= 15 is 0 Å². The van der Waals surface area contributed by atoms with E-state index in [-0.39, 0.29) is 5.91 Å². The third kappa shape index (κ3) is 4.27. The molecule has 0 aromatic heterocycles. The van der Waals surface area contributed by atoms with Gasteiger partial charge in [-0.15, -0.1) is 0 Å². The highest BCUT2D eigenvalue weighted by atomic mass is 35.5. The van der Waals surface area contributed by atoms with E-state index in [9.17, 15) is 4.79 Å². The summed E-state index contributed by atoms with van der Waals surface area (Å²) in [6, 6.07) is 3.12. The highest BCUT2D eigenvalue weighted by molar-refractivity contribution is 6.39. The summed E-state index contributed by atoms with van der Waals surface area (Å²) in [6.07, 6.45) is 6.21. The van der Waals surface area contributed by atoms with E-state index in [1.165, 1.54) is 32.1 Å². The van der Waals surface area contributed by atoms with Crippen molar-refractivity contribution in [3.8, 4) is 0 Å². The molecule has 1 saturated carbocycles. The summed E-state index contributed by atoms with van der Waals surface area (Å²) in [5, 5.41) is 3.61. The highest BCUT2D eigenvalue weighted by Crippen LogP contribution is 2.31. The molecule has 0 radical (unpaired) electrons. The Morgan fingerprint density at radius 1 is 1.19 bits per heavy atom. The first-order valence-corrected chi connectivity index (χ1v) is 8.29. The summed E-state index contributed by atoms with van der Waals surface area (Å²) in [4.78, 5) is 12.2. The predicted molar refractivity (Wildman–Crippen MR) is 88.9 cm³/mol. The quantitative estimate of drug-likeness (QED) is 0.798. The van der Waals surface area contributed by atoms with Crippen LogP contribution in [0.25, 0.3) is 0 Å². The van der Waals surface area contributed by atoms with Crippen LogP contribution in [0.3, 0.4) is 0 Å². The minimum absolute atomic E-state index is 0.142. The van der Waals surface area contributed by atoms with Crippen LogP contribution >= 0.6 is 23.2 Å². The molecule has 5 heteroatoms. The van der Waals surface area contributed by atoms with Gasteiger partial charge in [0.2, 0.25) is 0 Å². The van der Waals surface area contributed by atoms with E-state index < -0.39 is 0 Å². The maximum absolute atomic E-state index is 12.2. The van der Waals surface area contributed by atoms with Crippen molar-refractivity contribution < 1.29 is 4.79 Å². The van der Waals surface area contributed by atoms with Gasteiger partial charge in [-0.25, -0.2) is 0 Å². The van der Waals surface area contributed by atoms with E-state index in [4.69, 9.17) is 28.9 Å². The molecule has 1 aliphatic carbocycles. The molecule has 1 amide bonds. The minimum atomic E-state index is -0.142. The topological polar surface area (TPSA) is 55.1 Å². The Bertz CT molecular complexity index is 488. The number of hydrogen-bond acceptors (Lipinski definition) is 2. The molecule has 0 aliphatic heterocycles. The van der Waals surface area contributed by atoms with Crippen LogP contribution in [-0.2, 0) is 0 Å².